The summed E-state index contributed by atoms with van der Waals surface area (Å²) in [7, 11) is -4.08. The van der Waals surface area contributed by atoms with Crippen molar-refractivity contribution in [1.29, 1.82) is 0 Å². The zero-order valence-corrected chi connectivity index (χ0v) is 42.1. The number of fused-ring (bicyclic) bond motifs is 1. The standard InChI is InChI=1S/C55H56N2O18S/c1-8-17-37-27-39(23-25-45(37)58)76(66,67)40-24-26-46(38(28-40)18-9-2)74-53(65)56-43-21-15-20-42-41(43)19-16-22-44(42)57-75-52(64)29-54(32-69-47(59)10-3,33-70-48(60)11-4)30-68-31-55(34-71-49(61)12-5,35-72-50(62)13-6)36-73-51(63)14-7/h8-16,19-28,57-58H,1-7,17-18,29-36H2,(H,56,65). The topological polar surface area (TPSA) is 272 Å². The van der Waals surface area contributed by atoms with Gasteiger partial charge in [-0.05, 0) is 66.9 Å². The average molecular weight is 1070 g/mol. The molecule has 4 rings (SSSR count). The molecule has 0 aliphatic carbocycles. The Morgan fingerprint density at radius 3 is 1.47 bits per heavy atom. The lowest BCUT2D eigenvalue weighted by Gasteiger charge is -2.35. The SMILES string of the molecule is C=CCc1cc(S(=O)(=O)c2ccc(OC(=O)Nc3cccc4c(NOC(=O)CC(COCC(COC(=O)C=C)(COC(=O)C=C)COC(=O)C=C)(COC(=O)C=C)COC(=O)C=C)cccc34)c(CC=C)c2)ccc1O. The molecular formula is C55H56N2O18S. The van der Waals surface area contributed by atoms with Crippen molar-refractivity contribution in [1.82, 2.24) is 0 Å². The molecule has 0 saturated heterocycles. The number of rotatable bonds is 31. The van der Waals surface area contributed by atoms with E-state index in [-0.39, 0.29) is 45.5 Å². The molecule has 0 aliphatic rings. The summed E-state index contributed by atoms with van der Waals surface area (Å²) in [6, 6.07) is 17.5. The van der Waals surface area contributed by atoms with Crippen molar-refractivity contribution in [2.24, 2.45) is 10.8 Å². The lowest BCUT2D eigenvalue weighted by atomic mass is 9.86. The molecule has 1 amide bonds. The Morgan fingerprint density at radius 1 is 0.539 bits per heavy atom. The number of phenolic OH excluding ortho intramolecular Hbond substituents is 1. The number of carbonyl (C=O) groups is 7. The van der Waals surface area contributed by atoms with Crippen molar-refractivity contribution in [3.8, 4) is 11.5 Å². The second kappa shape index (κ2) is 28.4. The summed E-state index contributed by atoms with van der Waals surface area (Å²) in [6.45, 7) is 20.1. The zero-order valence-electron chi connectivity index (χ0n) is 41.3. The van der Waals surface area contributed by atoms with Crippen LogP contribution in [0.2, 0.25) is 0 Å². The minimum absolute atomic E-state index is 0.0419. The van der Waals surface area contributed by atoms with E-state index < -0.39 is 115 Å². The third kappa shape index (κ3) is 17.0. The van der Waals surface area contributed by atoms with Gasteiger partial charge in [0.15, 0.2) is 0 Å². The molecule has 76 heavy (non-hydrogen) atoms. The predicted octanol–water partition coefficient (Wildman–Crippen LogP) is 7.34. The molecule has 20 nitrogen and oxygen atoms in total. The largest absolute Gasteiger partial charge is 0.508 e. The van der Waals surface area contributed by atoms with E-state index in [4.69, 9.17) is 38.0 Å². The van der Waals surface area contributed by atoms with Gasteiger partial charge in [-0.15, -0.1) is 13.2 Å². The third-order valence-electron chi connectivity index (χ3n) is 10.8. The molecule has 4 aromatic carbocycles. The lowest BCUT2D eigenvalue weighted by Crippen LogP contribution is -2.46. The van der Waals surface area contributed by atoms with Gasteiger partial charge in [0.1, 0.15) is 44.5 Å². The van der Waals surface area contributed by atoms with Gasteiger partial charge in [0, 0.05) is 46.7 Å². The quantitative estimate of drug-likeness (QED) is 0.0146. The monoisotopic (exact) mass is 1060 g/mol. The molecule has 0 spiro atoms. The maximum Gasteiger partial charge on any atom is 0.417 e. The van der Waals surface area contributed by atoms with Gasteiger partial charge in [-0.25, -0.2) is 47.5 Å². The summed E-state index contributed by atoms with van der Waals surface area (Å²) in [4.78, 5) is 94.1. The van der Waals surface area contributed by atoms with Gasteiger partial charge >= 0.3 is 41.9 Å². The number of allylic oxidation sites excluding steroid dienone is 2. The molecule has 400 valence electrons. The first kappa shape index (κ1) is 59.5. The summed E-state index contributed by atoms with van der Waals surface area (Å²) in [5.74, 6) is -5.59. The van der Waals surface area contributed by atoms with Crippen molar-refractivity contribution in [2.75, 3.05) is 57.0 Å². The Kier molecular flexibility index (Phi) is 22.2. The van der Waals surface area contributed by atoms with Crippen LogP contribution in [0.3, 0.4) is 0 Å². The minimum Gasteiger partial charge on any atom is -0.508 e. The highest BCUT2D eigenvalue weighted by atomic mass is 32.2. The van der Waals surface area contributed by atoms with Crippen LogP contribution in [0.25, 0.3) is 10.8 Å². The molecule has 0 radical (unpaired) electrons. The fraction of sp³-hybridized carbons (Fsp3) is 0.218. The van der Waals surface area contributed by atoms with Gasteiger partial charge in [0.05, 0.1) is 51.6 Å². The summed E-state index contributed by atoms with van der Waals surface area (Å²) in [5.41, 5.74) is 0.385. The molecule has 0 unspecified atom stereocenters. The number of anilines is 2. The number of esters is 5. The van der Waals surface area contributed by atoms with E-state index in [1.165, 1.54) is 48.6 Å². The van der Waals surface area contributed by atoms with Crippen LogP contribution in [0.1, 0.15) is 17.5 Å². The summed E-state index contributed by atoms with van der Waals surface area (Å²) in [6.07, 6.45) is 6.04. The van der Waals surface area contributed by atoms with Crippen LogP contribution in [0.5, 0.6) is 11.5 Å². The van der Waals surface area contributed by atoms with E-state index in [1.54, 1.807) is 36.4 Å². The predicted molar refractivity (Wildman–Crippen MR) is 277 cm³/mol. The number of hydrogen-bond donors (Lipinski definition) is 3. The number of ether oxygens (including phenoxy) is 7. The highest BCUT2D eigenvalue weighted by Gasteiger charge is 2.41. The summed E-state index contributed by atoms with van der Waals surface area (Å²) in [5, 5.41) is 13.7. The Labute approximate surface area is 438 Å². The van der Waals surface area contributed by atoms with Crippen molar-refractivity contribution >= 4 is 73.9 Å². The summed E-state index contributed by atoms with van der Waals surface area (Å²) < 4.78 is 65.6. The molecule has 21 heteroatoms. The van der Waals surface area contributed by atoms with Crippen LogP contribution < -0.4 is 15.5 Å². The molecular weight excluding hydrogens is 1010 g/mol. The number of hydrogen-bond acceptors (Lipinski definition) is 19. The van der Waals surface area contributed by atoms with Crippen LogP contribution in [0, 0.1) is 10.8 Å². The molecule has 0 aliphatic heterocycles. The van der Waals surface area contributed by atoms with Crippen LogP contribution in [-0.4, -0.2) is 102 Å². The Morgan fingerprint density at radius 2 is 0.974 bits per heavy atom. The number of sulfone groups is 1. The Hall–Kier alpha value is -9.08. The lowest BCUT2D eigenvalue weighted by molar-refractivity contribution is -0.169. The summed E-state index contributed by atoms with van der Waals surface area (Å²) >= 11 is 0. The van der Waals surface area contributed by atoms with E-state index in [1.807, 2.05) is 0 Å². The van der Waals surface area contributed by atoms with E-state index >= 15 is 0 Å². The zero-order chi connectivity index (χ0) is 55.9. The van der Waals surface area contributed by atoms with Crippen LogP contribution >= 0.6 is 0 Å². The van der Waals surface area contributed by atoms with E-state index in [0.717, 1.165) is 30.4 Å². The van der Waals surface area contributed by atoms with Gasteiger partial charge < -0.3 is 43.1 Å². The van der Waals surface area contributed by atoms with Gasteiger partial charge in [-0.1, -0.05) is 69.3 Å². The fourth-order valence-corrected chi connectivity index (χ4v) is 8.31. The van der Waals surface area contributed by atoms with Crippen molar-refractivity contribution in [3.63, 3.8) is 0 Å². The number of benzene rings is 4. The molecule has 0 bridgehead atoms. The highest BCUT2D eigenvalue weighted by molar-refractivity contribution is 7.91. The number of carbonyl (C=O) groups excluding carboxylic acids is 7. The molecule has 4 aromatic rings. The number of phenols is 1. The maximum absolute atomic E-state index is 13.9. The van der Waals surface area contributed by atoms with Gasteiger partial charge in [-0.3, -0.25) is 5.32 Å². The fourth-order valence-electron chi connectivity index (χ4n) is 6.95. The van der Waals surface area contributed by atoms with E-state index in [0.29, 0.717) is 21.9 Å². The first-order valence-corrected chi connectivity index (χ1v) is 24.2. The third-order valence-corrected chi connectivity index (χ3v) is 12.6. The molecule has 0 fully saturated rings. The average Bonchev–Trinajstić information content (AvgIpc) is 3.42. The van der Waals surface area contributed by atoms with Crippen molar-refractivity contribution < 1.29 is 85.1 Å². The first-order chi connectivity index (χ1) is 36.3. The van der Waals surface area contributed by atoms with Crippen LogP contribution in [-0.2, 0) is 84.7 Å². The van der Waals surface area contributed by atoms with Crippen molar-refractivity contribution in [2.45, 2.75) is 29.1 Å². The van der Waals surface area contributed by atoms with Crippen LogP contribution in [0.15, 0.2) is 171 Å². The molecule has 0 heterocycles. The second-order valence-electron chi connectivity index (χ2n) is 16.6. The van der Waals surface area contributed by atoms with Crippen LogP contribution in [0.4, 0.5) is 16.2 Å². The smallest absolute Gasteiger partial charge is 0.417 e. The number of aromatic hydroxyl groups is 1. The van der Waals surface area contributed by atoms with E-state index in [2.05, 4.69) is 56.8 Å². The van der Waals surface area contributed by atoms with Gasteiger partial charge in [0.25, 0.3) is 0 Å². The molecule has 0 atom stereocenters. The molecule has 0 saturated carbocycles. The Balaban J connectivity index is 1.59. The Bertz CT molecular complexity index is 2930. The first-order valence-electron chi connectivity index (χ1n) is 22.7. The molecule has 3 N–H and O–H groups in total. The second-order valence-corrected chi connectivity index (χ2v) is 18.5. The normalized spacial score (nSPS) is 11.1. The van der Waals surface area contributed by atoms with Gasteiger partial charge in [0.2, 0.25) is 9.84 Å². The number of amides is 1. The molecule has 0 aromatic heterocycles. The van der Waals surface area contributed by atoms with Crippen molar-refractivity contribution in [3.05, 3.63) is 173 Å². The van der Waals surface area contributed by atoms with Gasteiger partial charge in [-0.2, -0.15) is 0 Å². The number of nitrogens with one attached hydrogen (secondary N) is 2. The highest BCUT2D eigenvalue weighted by Crippen LogP contribution is 2.34. The van der Waals surface area contributed by atoms with E-state index in [9.17, 15) is 47.1 Å². The minimum atomic E-state index is -4.08. The maximum atomic E-state index is 13.9.